The molecular formula is C13H22N2O5S. The Hall–Kier alpha value is -1.28. The molecule has 0 aromatic heterocycles. The van der Waals surface area contributed by atoms with Crippen LogP contribution in [0.3, 0.4) is 0 Å². The number of carbonyl (C=O) groups is 3. The summed E-state index contributed by atoms with van der Waals surface area (Å²) in [5.41, 5.74) is 5.02. The van der Waals surface area contributed by atoms with Gasteiger partial charge in [0.2, 0.25) is 11.8 Å². The van der Waals surface area contributed by atoms with Gasteiger partial charge >= 0.3 is 5.97 Å². The molecule has 1 saturated heterocycles. The second kappa shape index (κ2) is 9.62. The number of ether oxygens (including phenoxy) is 1. The molecule has 0 spiro atoms. The highest BCUT2D eigenvalue weighted by atomic mass is 32.2. The van der Waals surface area contributed by atoms with E-state index in [-0.39, 0.29) is 36.7 Å². The summed E-state index contributed by atoms with van der Waals surface area (Å²) in [5, 5.41) is 8.53. The highest BCUT2D eigenvalue weighted by molar-refractivity contribution is 7.99. The van der Waals surface area contributed by atoms with Crippen molar-refractivity contribution in [2.24, 2.45) is 5.73 Å². The number of carboxylic acids is 1. The van der Waals surface area contributed by atoms with Crippen molar-refractivity contribution >= 4 is 29.5 Å². The van der Waals surface area contributed by atoms with Crippen LogP contribution in [0.15, 0.2) is 0 Å². The standard InChI is InChI=1S/C13H22N2O5S/c14-11(16)9-21-8-4-12(17)15-5-1-10(2-6-15)20-7-3-13(18)19/h10H,1-9H2,(H2,14,16)(H,18,19). The van der Waals surface area contributed by atoms with E-state index >= 15 is 0 Å². The summed E-state index contributed by atoms with van der Waals surface area (Å²) < 4.78 is 5.47. The molecular weight excluding hydrogens is 296 g/mol. The lowest BCUT2D eigenvalue weighted by Crippen LogP contribution is -2.41. The van der Waals surface area contributed by atoms with Crippen LogP contribution >= 0.6 is 11.8 Å². The van der Waals surface area contributed by atoms with Crippen molar-refractivity contribution < 1.29 is 24.2 Å². The number of aliphatic carboxylic acids is 1. The van der Waals surface area contributed by atoms with Gasteiger partial charge in [-0.15, -0.1) is 0 Å². The third kappa shape index (κ3) is 7.91. The maximum atomic E-state index is 11.9. The number of nitrogens with two attached hydrogens (primary N) is 1. The number of likely N-dealkylation sites (tertiary alicyclic amines) is 1. The molecule has 1 aliphatic heterocycles. The Bertz CT molecular complexity index is 370. The highest BCUT2D eigenvalue weighted by Crippen LogP contribution is 2.15. The van der Waals surface area contributed by atoms with Crippen LogP contribution in [0.4, 0.5) is 0 Å². The van der Waals surface area contributed by atoms with Crippen LogP contribution in [-0.2, 0) is 19.1 Å². The molecule has 1 fully saturated rings. The summed E-state index contributed by atoms with van der Waals surface area (Å²) in [5.74, 6) is -0.317. The van der Waals surface area contributed by atoms with Crippen molar-refractivity contribution in [3.05, 3.63) is 0 Å². The van der Waals surface area contributed by atoms with Crippen LogP contribution < -0.4 is 5.73 Å². The topological polar surface area (TPSA) is 110 Å². The first-order chi connectivity index (χ1) is 9.99. The fourth-order valence-corrected chi connectivity index (χ4v) is 2.74. The zero-order chi connectivity index (χ0) is 15.7. The zero-order valence-electron chi connectivity index (χ0n) is 12.0. The third-order valence-electron chi connectivity index (χ3n) is 3.17. The molecule has 1 rings (SSSR count). The van der Waals surface area contributed by atoms with Gasteiger partial charge in [0, 0.05) is 25.3 Å². The van der Waals surface area contributed by atoms with Crippen molar-refractivity contribution in [3.63, 3.8) is 0 Å². The minimum atomic E-state index is -0.865. The van der Waals surface area contributed by atoms with E-state index < -0.39 is 5.97 Å². The lowest BCUT2D eigenvalue weighted by atomic mass is 10.1. The van der Waals surface area contributed by atoms with Gasteiger partial charge < -0.3 is 20.5 Å². The Kier molecular flexibility index (Phi) is 8.14. The SMILES string of the molecule is NC(=O)CSCCC(=O)N1CCC(OCCC(=O)O)CC1. The van der Waals surface area contributed by atoms with Crippen LogP contribution in [0.5, 0.6) is 0 Å². The molecule has 0 bridgehead atoms. The van der Waals surface area contributed by atoms with Crippen LogP contribution in [0, 0.1) is 0 Å². The van der Waals surface area contributed by atoms with E-state index in [4.69, 9.17) is 15.6 Å². The van der Waals surface area contributed by atoms with E-state index in [1.54, 1.807) is 4.90 Å². The Morgan fingerprint density at radius 1 is 1.24 bits per heavy atom. The van der Waals surface area contributed by atoms with E-state index in [1.165, 1.54) is 11.8 Å². The molecule has 7 nitrogen and oxygen atoms in total. The predicted octanol–water partition coefficient (Wildman–Crippen LogP) is 0.0773. The average Bonchev–Trinajstić information content (AvgIpc) is 2.43. The number of primary amides is 1. The first-order valence-corrected chi connectivity index (χ1v) is 8.11. The number of thioether (sulfide) groups is 1. The highest BCUT2D eigenvalue weighted by Gasteiger charge is 2.22. The molecule has 2 amide bonds. The van der Waals surface area contributed by atoms with Gasteiger partial charge in [-0.1, -0.05) is 0 Å². The smallest absolute Gasteiger partial charge is 0.305 e. The quantitative estimate of drug-likeness (QED) is 0.583. The lowest BCUT2D eigenvalue weighted by molar-refractivity contribution is -0.139. The molecule has 0 atom stereocenters. The van der Waals surface area contributed by atoms with Gasteiger partial charge in [0.05, 0.1) is 24.9 Å². The van der Waals surface area contributed by atoms with Gasteiger partial charge in [-0.25, -0.2) is 0 Å². The number of hydrogen-bond acceptors (Lipinski definition) is 5. The molecule has 0 radical (unpaired) electrons. The molecule has 21 heavy (non-hydrogen) atoms. The summed E-state index contributed by atoms with van der Waals surface area (Å²) in [6.07, 6.45) is 1.93. The first kappa shape index (κ1) is 17.8. The molecule has 0 unspecified atom stereocenters. The van der Waals surface area contributed by atoms with Crippen LogP contribution in [0.2, 0.25) is 0 Å². The molecule has 120 valence electrons. The average molecular weight is 318 g/mol. The number of carbonyl (C=O) groups excluding carboxylic acids is 2. The van der Waals surface area contributed by atoms with Crippen molar-refractivity contribution in [2.45, 2.75) is 31.8 Å². The van der Waals surface area contributed by atoms with Crippen LogP contribution in [0.1, 0.15) is 25.7 Å². The fourth-order valence-electron chi connectivity index (χ4n) is 2.08. The van der Waals surface area contributed by atoms with E-state index in [1.807, 2.05) is 0 Å². The predicted molar refractivity (Wildman–Crippen MR) is 78.9 cm³/mol. The van der Waals surface area contributed by atoms with E-state index in [9.17, 15) is 14.4 Å². The van der Waals surface area contributed by atoms with Gasteiger partial charge in [0.1, 0.15) is 0 Å². The summed E-state index contributed by atoms with van der Waals surface area (Å²) in [6, 6.07) is 0. The number of piperidine rings is 1. The number of carboxylic acid groups (broad SMARTS) is 1. The number of amides is 2. The van der Waals surface area contributed by atoms with Crippen LogP contribution in [-0.4, -0.2) is 65.1 Å². The maximum absolute atomic E-state index is 11.9. The molecule has 0 aliphatic carbocycles. The van der Waals surface area contributed by atoms with E-state index in [2.05, 4.69) is 0 Å². The van der Waals surface area contributed by atoms with Crippen molar-refractivity contribution in [1.82, 2.24) is 4.90 Å². The largest absolute Gasteiger partial charge is 0.481 e. The summed E-state index contributed by atoms with van der Waals surface area (Å²) >= 11 is 1.37. The van der Waals surface area contributed by atoms with E-state index in [0.29, 0.717) is 25.3 Å². The first-order valence-electron chi connectivity index (χ1n) is 6.96. The van der Waals surface area contributed by atoms with Crippen molar-refractivity contribution in [3.8, 4) is 0 Å². The normalized spacial score (nSPS) is 15.9. The van der Waals surface area contributed by atoms with Crippen LogP contribution in [0.25, 0.3) is 0 Å². The minimum absolute atomic E-state index is 0.0101. The summed E-state index contributed by atoms with van der Waals surface area (Å²) in [6.45, 7) is 1.49. The molecule has 1 aliphatic rings. The molecule has 0 aromatic rings. The van der Waals surface area contributed by atoms with Gasteiger partial charge in [0.15, 0.2) is 0 Å². The molecule has 3 N–H and O–H groups in total. The third-order valence-corrected chi connectivity index (χ3v) is 4.15. The Morgan fingerprint density at radius 2 is 1.90 bits per heavy atom. The summed E-state index contributed by atoms with van der Waals surface area (Å²) in [4.78, 5) is 34.7. The van der Waals surface area contributed by atoms with Crippen molar-refractivity contribution in [1.29, 1.82) is 0 Å². The minimum Gasteiger partial charge on any atom is -0.481 e. The number of nitrogens with zero attached hydrogens (tertiary/aromatic N) is 1. The van der Waals surface area contributed by atoms with Gasteiger partial charge in [-0.05, 0) is 12.8 Å². The monoisotopic (exact) mass is 318 g/mol. The second-order valence-corrected chi connectivity index (χ2v) is 5.97. The summed E-state index contributed by atoms with van der Waals surface area (Å²) in [7, 11) is 0. The molecule has 1 heterocycles. The van der Waals surface area contributed by atoms with Crippen molar-refractivity contribution in [2.75, 3.05) is 31.2 Å². The van der Waals surface area contributed by atoms with Gasteiger partial charge in [0.25, 0.3) is 0 Å². The van der Waals surface area contributed by atoms with Gasteiger partial charge in [-0.2, -0.15) is 11.8 Å². The van der Waals surface area contributed by atoms with Gasteiger partial charge in [-0.3, -0.25) is 14.4 Å². The van der Waals surface area contributed by atoms with E-state index in [0.717, 1.165) is 12.8 Å². The number of rotatable bonds is 9. The lowest BCUT2D eigenvalue weighted by Gasteiger charge is -2.32. The molecule has 0 aromatic carbocycles. The maximum Gasteiger partial charge on any atom is 0.305 e. The zero-order valence-corrected chi connectivity index (χ0v) is 12.8. The molecule has 8 heteroatoms. The Balaban J connectivity index is 2.12. The Morgan fingerprint density at radius 3 is 2.48 bits per heavy atom. The fraction of sp³-hybridized carbons (Fsp3) is 0.769. The number of hydrogen-bond donors (Lipinski definition) is 2. The second-order valence-electron chi connectivity index (χ2n) is 4.86. The Labute approximate surface area is 128 Å². The molecule has 0 saturated carbocycles.